The first-order chi connectivity index (χ1) is 14.8. The summed E-state index contributed by atoms with van der Waals surface area (Å²) in [5.74, 6) is 0.0166. The van der Waals surface area contributed by atoms with Crippen molar-refractivity contribution < 1.29 is 22.7 Å². The maximum Gasteiger partial charge on any atom is 0.573 e. The number of halogens is 3. The first-order valence-corrected chi connectivity index (χ1v) is 10.7. The molecule has 3 heterocycles. The molecule has 0 atom stereocenters. The van der Waals surface area contributed by atoms with Gasteiger partial charge in [0.1, 0.15) is 5.75 Å². The first-order valence-electron chi connectivity index (χ1n) is 9.77. The topological polar surface area (TPSA) is 50.6 Å². The Hall–Kier alpha value is -2.85. The van der Waals surface area contributed by atoms with Crippen molar-refractivity contribution in [3.8, 4) is 11.4 Å². The summed E-state index contributed by atoms with van der Waals surface area (Å²) in [5, 5.41) is 6.37. The van der Waals surface area contributed by atoms with E-state index in [0.29, 0.717) is 16.4 Å². The molecule has 0 bridgehead atoms. The van der Waals surface area contributed by atoms with Gasteiger partial charge in [-0.1, -0.05) is 12.1 Å². The molecule has 31 heavy (non-hydrogen) atoms. The van der Waals surface area contributed by atoms with E-state index in [1.165, 1.54) is 34.2 Å². The monoisotopic (exact) mass is 450 g/mol. The predicted octanol–water partition coefficient (Wildman–Crippen LogP) is 4.57. The standard InChI is InChI=1S/C21H21F3N4O2S/c1-26-10-7-15(8-11-26)28(20(29)18-6-3-13-31-18)19-9-12-27(25-19)16-4-2-5-17(14-16)30-21(22,23)24/h2-6,9,12-15H,7-8,10-11H2,1H3. The molecule has 0 aliphatic carbocycles. The Morgan fingerprint density at radius 1 is 1.19 bits per heavy atom. The first kappa shape index (κ1) is 21.4. The van der Waals surface area contributed by atoms with Crippen molar-refractivity contribution in [2.24, 2.45) is 0 Å². The number of aromatic nitrogens is 2. The number of hydrogen-bond acceptors (Lipinski definition) is 5. The number of piperidine rings is 1. The predicted molar refractivity (Wildman–Crippen MR) is 112 cm³/mol. The molecule has 4 rings (SSSR count). The highest BCUT2D eigenvalue weighted by Gasteiger charge is 2.32. The van der Waals surface area contributed by atoms with E-state index in [1.807, 2.05) is 18.5 Å². The lowest BCUT2D eigenvalue weighted by Gasteiger charge is -2.36. The fourth-order valence-corrected chi connectivity index (χ4v) is 4.30. The van der Waals surface area contributed by atoms with Crippen LogP contribution in [-0.2, 0) is 0 Å². The van der Waals surface area contributed by atoms with Crippen LogP contribution in [0.25, 0.3) is 5.69 Å². The number of benzene rings is 1. The van der Waals surface area contributed by atoms with Gasteiger partial charge in [-0.15, -0.1) is 29.6 Å². The summed E-state index contributed by atoms with van der Waals surface area (Å²) in [6, 6.07) is 10.9. The van der Waals surface area contributed by atoms with Crippen LogP contribution >= 0.6 is 11.3 Å². The lowest BCUT2D eigenvalue weighted by atomic mass is 10.0. The van der Waals surface area contributed by atoms with Crippen LogP contribution < -0.4 is 9.64 Å². The van der Waals surface area contributed by atoms with Crippen molar-refractivity contribution in [3.05, 3.63) is 58.9 Å². The molecule has 1 fully saturated rings. The van der Waals surface area contributed by atoms with Crippen molar-refractivity contribution >= 4 is 23.1 Å². The highest BCUT2D eigenvalue weighted by Crippen LogP contribution is 2.28. The zero-order chi connectivity index (χ0) is 22.0. The average molecular weight is 450 g/mol. The van der Waals surface area contributed by atoms with Gasteiger partial charge in [-0.25, -0.2) is 4.68 Å². The molecular formula is C21H21F3N4O2S. The Morgan fingerprint density at radius 3 is 2.65 bits per heavy atom. The molecule has 3 aromatic rings. The molecular weight excluding hydrogens is 429 g/mol. The summed E-state index contributed by atoms with van der Waals surface area (Å²) in [6.45, 7) is 1.74. The van der Waals surface area contributed by atoms with Crippen LogP contribution in [0.1, 0.15) is 22.5 Å². The van der Waals surface area contributed by atoms with Crippen LogP contribution in [0.2, 0.25) is 0 Å². The molecule has 0 unspecified atom stereocenters. The number of likely N-dealkylation sites (tertiary alicyclic amines) is 1. The summed E-state index contributed by atoms with van der Waals surface area (Å²) in [5.41, 5.74) is 0.403. The maximum absolute atomic E-state index is 13.3. The van der Waals surface area contributed by atoms with Gasteiger partial charge in [-0.2, -0.15) is 0 Å². The highest BCUT2D eigenvalue weighted by atomic mass is 32.1. The Morgan fingerprint density at radius 2 is 1.97 bits per heavy atom. The number of rotatable bonds is 5. The Balaban J connectivity index is 1.63. The summed E-state index contributed by atoms with van der Waals surface area (Å²) in [4.78, 5) is 17.8. The van der Waals surface area contributed by atoms with Crippen LogP contribution in [0, 0.1) is 0 Å². The minimum atomic E-state index is -4.77. The van der Waals surface area contributed by atoms with Crippen molar-refractivity contribution in [2.75, 3.05) is 25.0 Å². The molecule has 1 aliphatic heterocycles. The number of anilines is 1. The number of ether oxygens (including phenoxy) is 1. The van der Waals surface area contributed by atoms with Gasteiger partial charge >= 0.3 is 6.36 Å². The number of nitrogens with zero attached hydrogens (tertiary/aromatic N) is 4. The van der Waals surface area contributed by atoms with Gasteiger partial charge in [0.25, 0.3) is 5.91 Å². The third-order valence-electron chi connectivity index (χ3n) is 5.14. The normalized spacial score (nSPS) is 15.7. The molecule has 0 radical (unpaired) electrons. The number of thiophene rings is 1. The zero-order valence-corrected chi connectivity index (χ0v) is 17.6. The fourth-order valence-electron chi connectivity index (χ4n) is 3.64. The smallest absolute Gasteiger partial charge is 0.406 e. The SMILES string of the molecule is CN1CCC(N(C(=O)c2cccs2)c2ccn(-c3cccc(OC(F)(F)F)c3)n2)CC1. The van der Waals surface area contributed by atoms with E-state index < -0.39 is 6.36 Å². The molecule has 1 saturated heterocycles. The van der Waals surface area contributed by atoms with Gasteiger partial charge in [0, 0.05) is 24.4 Å². The van der Waals surface area contributed by atoms with Gasteiger partial charge in [0.15, 0.2) is 5.82 Å². The number of carbonyl (C=O) groups excluding carboxylic acids is 1. The van der Waals surface area contributed by atoms with Crippen LogP contribution in [0.5, 0.6) is 5.75 Å². The highest BCUT2D eigenvalue weighted by molar-refractivity contribution is 7.12. The molecule has 1 aliphatic rings. The van der Waals surface area contributed by atoms with Crippen molar-refractivity contribution in [1.82, 2.24) is 14.7 Å². The Kier molecular flexibility index (Phi) is 6.01. The third kappa shape index (κ3) is 5.08. The lowest BCUT2D eigenvalue weighted by molar-refractivity contribution is -0.274. The molecule has 1 aromatic carbocycles. The number of alkyl halides is 3. The summed E-state index contributed by atoms with van der Waals surface area (Å²) >= 11 is 1.37. The van der Waals surface area contributed by atoms with Gasteiger partial charge in [-0.3, -0.25) is 9.69 Å². The van der Waals surface area contributed by atoms with E-state index in [-0.39, 0.29) is 17.7 Å². The van der Waals surface area contributed by atoms with Crippen LogP contribution in [0.3, 0.4) is 0 Å². The summed E-state index contributed by atoms with van der Waals surface area (Å²) in [7, 11) is 2.05. The van der Waals surface area contributed by atoms with E-state index in [1.54, 1.807) is 29.3 Å². The van der Waals surface area contributed by atoms with E-state index in [2.05, 4.69) is 14.7 Å². The van der Waals surface area contributed by atoms with Crippen molar-refractivity contribution in [2.45, 2.75) is 25.2 Å². The van der Waals surface area contributed by atoms with Gasteiger partial charge < -0.3 is 9.64 Å². The molecule has 0 saturated carbocycles. The number of hydrogen-bond donors (Lipinski definition) is 0. The second kappa shape index (κ2) is 8.72. The quantitative estimate of drug-likeness (QED) is 0.571. The van der Waals surface area contributed by atoms with Crippen LogP contribution in [0.15, 0.2) is 54.0 Å². The Bertz CT molecular complexity index is 1030. The van der Waals surface area contributed by atoms with E-state index in [4.69, 9.17) is 0 Å². The third-order valence-corrected chi connectivity index (χ3v) is 6.00. The molecule has 164 valence electrons. The van der Waals surface area contributed by atoms with E-state index in [0.717, 1.165) is 25.9 Å². The number of carbonyl (C=O) groups is 1. The van der Waals surface area contributed by atoms with Crippen molar-refractivity contribution in [3.63, 3.8) is 0 Å². The van der Waals surface area contributed by atoms with E-state index in [9.17, 15) is 18.0 Å². The second-order valence-corrected chi connectivity index (χ2v) is 8.30. The average Bonchev–Trinajstić information content (AvgIpc) is 3.41. The van der Waals surface area contributed by atoms with Crippen LogP contribution in [-0.4, -0.2) is 53.1 Å². The summed E-state index contributed by atoms with van der Waals surface area (Å²) < 4.78 is 43.1. The largest absolute Gasteiger partial charge is 0.573 e. The zero-order valence-electron chi connectivity index (χ0n) is 16.7. The molecule has 0 spiro atoms. The number of amides is 1. The molecule has 2 aromatic heterocycles. The van der Waals surface area contributed by atoms with Gasteiger partial charge in [-0.05, 0) is 56.6 Å². The Labute approximate surface area is 181 Å². The summed E-state index contributed by atoms with van der Waals surface area (Å²) in [6.07, 6.45) is -1.51. The van der Waals surface area contributed by atoms with Gasteiger partial charge in [0.2, 0.25) is 0 Å². The molecule has 1 amide bonds. The maximum atomic E-state index is 13.3. The van der Waals surface area contributed by atoms with E-state index >= 15 is 0 Å². The lowest BCUT2D eigenvalue weighted by Crippen LogP contribution is -2.47. The molecule has 10 heteroatoms. The van der Waals surface area contributed by atoms with Gasteiger partial charge in [0.05, 0.1) is 10.6 Å². The second-order valence-electron chi connectivity index (χ2n) is 7.35. The van der Waals surface area contributed by atoms with Crippen LogP contribution in [0.4, 0.5) is 19.0 Å². The molecule has 6 nitrogen and oxygen atoms in total. The molecule has 0 N–H and O–H groups in total. The van der Waals surface area contributed by atoms with Crippen molar-refractivity contribution in [1.29, 1.82) is 0 Å². The minimum Gasteiger partial charge on any atom is -0.406 e. The fraction of sp³-hybridized carbons (Fsp3) is 0.333. The minimum absolute atomic E-state index is 0.00551.